The van der Waals surface area contributed by atoms with Crippen molar-refractivity contribution in [2.75, 3.05) is 20.3 Å². The van der Waals surface area contributed by atoms with Crippen molar-refractivity contribution in [3.05, 3.63) is 52.9 Å². The molecule has 4 rings (SSSR count). The van der Waals surface area contributed by atoms with Gasteiger partial charge in [-0.1, -0.05) is 0 Å². The van der Waals surface area contributed by atoms with Crippen LogP contribution in [0.3, 0.4) is 0 Å². The molecule has 3 heterocycles. The molecule has 0 aliphatic carbocycles. The zero-order valence-corrected chi connectivity index (χ0v) is 14.5. The lowest BCUT2D eigenvalue weighted by Gasteiger charge is -2.40. The number of rotatable bonds is 4. The molecule has 0 amide bonds. The molecule has 0 bridgehead atoms. The van der Waals surface area contributed by atoms with Crippen LogP contribution in [-0.2, 0) is 16.0 Å². The second-order valence-corrected chi connectivity index (χ2v) is 6.92. The van der Waals surface area contributed by atoms with Crippen LogP contribution in [0.25, 0.3) is 0 Å². The molecule has 2 aliphatic rings. The van der Waals surface area contributed by atoms with Gasteiger partial charge in [0.1, 0.15) is 17.7 Å². The molecule has 0 radical (unpaired) electrons. The number of methoxy groups -OCH3 is 1. The molecular formula is C18H22F2N4O2. The number of halogens is 2. The van der Waals surface area contributed by atoms with Crippen molar-refractivity contribution >= 4 is 0 Å². The van der Waals surface area contributed by atoms with E-state index in [-0.39, 0.29) is 17.6 Å². The van der Waals surface area contributed by atoms with Crippen molar-refractivity contribution in [2.45, 2.75) is 37.2 Å². The number of fused-ring (bicyclic) bond motifs is 1. The van der Waals surface area contributed by atoms with Gasteiger partial charge in [0.25, 0.3) is 0 Å². The van der Waals surface area contributed by atoms with E-state index in [9.17, 15) is 8.78 Å². The highest BCUT2D eigenvalue weighted by Gasteiger charge is 2.41. The zero-order valence-electron chi connectivity index (χ0n) is 14.5. The van der Waals surface area contributed by atoms with Crippen LogP contribution in [0.4, 0.5) is 8.78 Å². The number of aromatic nitrogens is 2. The maximum Gasteiger partial charge on any atom is 0.129 e. The van der Waals surface area contributed by atoms with E-state index in [1.54, 1.807) is 7.11 Å². The van der Waals surface area contributed by atoms with Crippen molar-refractivity contribution in [1.29, 1.82) is 0 Å². The van der Waals surface area contributed by atoms with Crippen LogP contribution in [0.5, 0.6) is 0 Å². The third-order valence-corrected chi connectivity index (χ3v) is 5.31. The quantitative estimate of drug-likeness (QED) is 0.868. The van der Waals surface area contributed by atoms with Crippen molar-refractivity contribution < 1.29 is 18.3 Å². The standard InChI is InChI=1S/C18H22F2N4O2/c1-25-9-17-13-6-22-23-16(13)7-24(17)11-5-15(21)18(26-8-11)12-4-10(19)2-3-14(12)20/h2-4,6,11,15,17-18H,5,7-9,21H2,1H3,(H,22,23)/t11-,15+,17?,18-/m1/s1. The fourth-order valence-electron chi connectivity index (χ4n) is 4.06. The number of nitrogens with one attached hydrogen (secondary N) is 1. The lowest BCUT2D eigenvalue weighted by atomic mass is 9.93. The first-order chi connectivity index (χ1) is 12.6. The summed E-state index contributed by atoms with van der Waals surface area (Å²) in [6, 6.07) is 3.10. The molecule has 1 aromatic carbocycles. The molecule has 0 saturated carbocycles. The van der Waals surface area contributed by atoms with Crippen LogP contribution in [0.2, 0.25) is 0 Å². The minimum atomic E-state index is -0.648. The molecule has 0 spiro atoms. The maximum atomic E-state index is 14.1. The molecule has 3 N–H and O–H groups in total. The second-order valence-electron chi connectivity index (χ2n) is 6.92. The van der Waals surface area contributed by atoms with Crippen molar-refractivity contribution in [3.8, 4) is 0 Å². The van der Waals surface area contributed by atoms with Gasteiger partial charge in [-0.2, -0.15) is 5.10 Å². The maximum absolute atomic E-state index is 14.1. The first-order valence-electron chi connectivity index (χ1n) is 8.67. The SMILES string of the molecule is COCC1c2cn[nH]c2CN1[C@H]1CO[C@H](c2cc(F)ccc2F)[C@@H](N)C1. The number of H-pyrrole nitrogens is 1. The molecule has 1 aromatic heterocycles. The Bertz CT molecular complexity index is 784. The van der Waals surface area contributed by atoms with E-state index in [0.29, 0.717) is 26.2 Å². The van der Waals surface area contributed by atoms with E-state index >= 15 is 0 Å². The number of nitrogens with zero attached hydrogens (tertiary/aromatic N) is 2. The topological polar surface area (TPSA) is 76.4 Å². The summed E-state index contributed by atoms with van der Waals surface area (Å²) in [5.41, 5.74) is 8.67. The van der Waals surface area contributed by atoms with Gasteiger partial charge < -0.3 is 15.2 Å². The smallest absolute Gasteiger partial charge is 0.129 e. The first kappa shape index (κ1) is 17.5. The molecule has 26 heavy (non-hydrogen) atoms. The summed E-state index contributed by atoms with van der Waals surface area (Å²) in [5.74, 6) is -0.991. The van der Waals surface area contributed by atoms with Crippen molar-refractivity contribution in [1.82, 2.24) is 15.1 Å². The Morgan fingerprint density at radius 1 is 1.38 bits per heavy atom. The Hall–Kier alpha value is -1.87. The molecule has 1 saturated heterocycles. The summed E-state index contributed by atoms with van der Waals surface area (Å²) in [6.07, 6.45) is 1.80. The van der Waals surface area contributed by atoms with Crippen LogP contribution >= 0.6 is 0 Å². The van der Waals surface area contributed by atoms with Crippen LogP contribution in [0, 0.1) is 11.6 Å². The Kier molecular flexibility index (Phi) is 4.74. The fraction of sp³-hybridized carbons (Fsp3) is 0.500. The first-order valence-corrected chi connectivity index (χ1v) is 8.67. The van der Waals surface area contributed by atoms with Crippen LogP contribution in [0.1, 0.15) is 35.4 Å². The van der Waals surface area contributed by atoms with E-state index in [1.165, 1.54) is 6.07 Å². The van der Waals surface area contributed by atoms with Gasteiger partial charge in [-0.25, -0.2) is 8.78 Å². The van der Waals surface area contributed by atoms with Gasteiger partial charge in [0.2, 0.25) is 0 Å². The molecule has 2 aliphatic heterocycles. The number of hydrogen-bond acceptors (Lipinski definition) is 5. The monoisotopic (exact) mass is 364 g/mol. The Morgan fingerprint density at radius 3 is 3.00 bits per heavy atom. The number of hydrogen-bond donors (Lipinski definition) is 2. The molecule has 1 fully saturated rings. The molecule has 2 aromatic rings. The minimum Gasteiger partial charge on any atom is -0.383 e. The van der Waals surface area contributed by atoms with Gasteiger partial charge in [0.05, 0.1) is 31.1 Å². The van der Waals surface area contributed by atoms with E-state index in [2.05, 4.69) is 15.1 Å². The summed E-state index contributed by atoms with van der Waals surface area (Å²) in [7, 11) is 1.67. The van der Waals surface area contributed by atoms with Crippen LogP contribution < -0.4 is 5.73 Å². The highest BCUT2D eigenvalue weighted by molar-refractivity contribution is 5.27. The number of aromatic amines is 1. The summed E-state index contributed by atoms with van der Waals surface area (Å²) < 4.78 is 38.9. The number of ether oxygens (including phenoxy) is 2. The van der Waals surface area contributed by atoms with Gasteiger partial charge in [0.15, 0.2) is 0 Å². The summed E-state index contributed by atoms with van der Waals surface area (Å²) >= 11 is 0. The van der Waals surface area contributed by atoms with Gasteiger partial charge >= 0.3 is 0 Å². The predicted molar refractivity (Wildman–Crippen MR) is 90.2 cm³/mol. The summed E-state index contributed by atoms with van der Waals surface area (Å²) in [5, 5.41) is 7.12. The summed E-state index contributed by atoms with van der Waals surface area (Å²) in [6.45, 7) is 1.65. The number of nitrogens with two attached hydrogens (primary N) is 1. The highest BCUT2D eigenvalue weighted by atomic mass is 19.1. The zero-order chi connectivity index (χ0) is 18.3. The van der Waals surface area contributed by atoms with Gasteiger partial charge in [-0.05, 0) is 24.6 Å². The summed E-state index contributed by atoms with van der Waals surface area (Å²) in [4.78, 5) is 2.28. The average molecular weight is 364 g/mol. The molecule has 4 atom stereocenters. The Labute approximate surface area is 150 Å². The normalized spacial score (nSPS) is 29.1. The lowest BCUT2D eigenvalue weighted by Crippen LogP contribution is -2.49. The minimum absolute atomic E-state index is 0.0684. The van der Waals surface area contributed by atoms with Crippen LogP contribution in [-0.4, -0.2) is 47.5 Å². The Morgan fingerprint density at radius 2 is 2.23 bits per heavy atom. The Balaban J connectivity index is 1.50. The van der Waals surface area contributed by atoms with Crippen molar-refractivity contribution in [3.63, 3.8) is 0 Å². The lowest BCUT2D eigenvalue weighted by molar-refractivity contribution is -0.0672. The van der Waals surface area contributed by atoms with E-state index in [0.717, 1.165) is 23.4 Å². The molecular weight excluding hydrogens is 342 g/mol. The predicted octanol–water partition coefficient (Wildman–Crippen LogP) is 2.05. The third kappa shape index (κ3) is 3.03. The number of benzene rings is 1. The van der Waals surface area contributed by atoms with E-state index in [4.69, 9.17) is 15.2 Å². The third-order valence-electron chi connectivity index (χ3n) is 5.31. The molecule has 1 unspecified atom stereocenters. The fourth-order valence-corrected chi connectivity index (χ4v) is 4.06. The van der Waals surface area contributed by atoms with Gasteiger partial charge in [-0.3, -0.25) is 10.00 Å². The highest BCUT2D eigenvalue weighted by Crippen LogP contribution is 2.38. The molecule has 140 valence electrons. The molecule has 6 nitrogen and oxygen atoms in total. The van der Waals surface area contributed by atoms with Crippen molar-refractivity contribution in [2.24, 2.45) is 5.73 Å². The van der Waals surface area contributed by atoms with Crippen LogP contribution in [0.15, 0.2) is 24.4 Å². The largest absolute Gasteiger partial charge is 0.383 e. The van der Waals surface area contributed by atoms with Gasteiger partial charge in [-0.15, -0.1) is 0 Å². The molecule has 8 heteroatoms. The average Bonchev–Trinajstić information content (AvgIpc) is 3.20. The van der Waals surface area contributed by atoms with Gasteiger partial charge in [0, 0.05) is 36.9 Å². The van der Waals surface area contributed by atoms with E-state index in [1.807, 2.05) is 6.20 Å². The second kappa shape index (κ2) is 7.03. The van der Waals surface area contributed by atoms with E-state index < -0.39 is 23.8 Å².